The summed E-state index contributed by atoms with van der Waals surface area (Å²) in [5.41, 5.74) is 8.50. The Kier molecular flexibility index (Phi) is 4.59. The number of fused-ring (bicyclic) bond motifs is 3. The van der Waals surface area contributed by atoms with E-state index < -0.39 is 5.41 Å². The van der Waals surface area contributed by atoms with Crippen LogP contribution >= 0.6 is 0 Å². The van der Waals surface area contributed by atoms with Gasteiger partial charge in [0.25, 0.3) is 0 Å². The van der Waals surface area contributed by atoms with Crippen molar-refractivity contribution in [3.8, 4) is 0 Å². The minimum Gasteiger partial charge on any atom is -0.462 e. The van der Waals surface area contributed by atoms with Gasteiger partial charge in [0.05, 0.1) is 5.41 Å². The normalized spacial score (nSPS) is 19.0. The first kappa shape index (κ1) is 21.8. The van der Waals surface area contributed by atoms with Gasteiger partial charge in [-0.15, -0.1) is 0 Å². The molecule has 2 aromatic carbocycles. The van der Waals surface area contributed by atoms with E-state index in [9.17, 15) is 4.79 Å². The number of cyclic esters (lactones) is 1. The molecule has 0 amide bonds. The smallest absolute Gasteiger partial charge is 0.334 e. The van der Waals surface area contributed by atoms with Crippen LogP contribution in [0.3, 0.4) is 0 Å². The number of carbonyl (C=O) groups is 1. The highest BCUT2D eigenvalue weighted by Gasteiger charge is 2.54. The van der Waals surface area contributed by atoms with Gasteiger partial charge in [-0.25, -0.2) is 4.79 Å². The van der Waals surface area contributed by atoms with E-state index in [2.05, 4.69) is 96.6 Å². The molecule has 0 spiro atoms. The Morgan fingerprint density at radius 1 is 0.886 bits per heavy atom. The van der Waals surface area contributed by atoms with Crippen LogP contribution in [0.2, 0.25) is 0 Å². The number of aromatic nitrogens is 2. The van der Waals surface area contributed by atoms with Crippen LogP contribution in [0.25, 0.3) is 21.8 Å². The second-order valence-corrected chi connectivity index (χ2v) is 10.2. The number of ether oxygens (including phenoxy) is 1. The maximum absolute atomic E-state index is 13.1. The number of nitrogens with zero attached hydrogens (tertiary/aromatic N) is 3. The van der Waals surface area contributed by atoms with Gasteiger partial charge in [-0.05, 0) is 49.3 Å². The van der Waals surface area contributed by atoms with Gasteiger partial charge in [0.2, 0.25) is 0 Å². The maximum Gasteiger partial charge on any atom is 0.334 e. The van der Waals surface area contributed by atoms with Crippen molar-refractivity contribution >= 4 is 27.8 Å². The molecule has 3 heterocycles. The number of aryl methyl sites for hydroxylation is 2. The number of allylic oxidation sites excluding steroid dienone is 2. The average molecular weight is 466 g/mol. The monoisotopic (exact) mass is 465 g/mol. The number of hydrogen-bond donors (Lipinski definition) is 0. The van der Waals surface area contributed by atoms with Gasteiger partial charge < -0.3 is 18.8 Å². The van der Waals surface area contributed by atoms with Crippen molar-refractivity contribution in [2.24, 2.45) is 20.0 Å². The van der Waals surface area contributed by atoms with E-state index in [-0.39, 0.29) is 11.9 Å². The molecule has 0 radical (unpaired) electrons. The highest BCUT2D eigenvalue weighted by atomic mass is 16.5. The van der Waals surface area contributed by atoms with E-state index in [0.717, 1.165) is 11.3 Å². The van der Waals surface area contributed by atoms with Gasteiger partial charge in [0.1, 0.15) is 6.61 Å². The molecule has 35 heavy (non-hydrogen) atoms. The molecular formula is C30H31N3O2. The van der Waals surface area contributed by atoms with Crippen LogP contribution in [0.5, 0.6) is 0 Å². The van der Waals surface area contributed by atoms with E-state index in [1.807, 2.05) is 20.2 Å². The zero-order chi connectivity index (χ0) is 24.6. The summed E-state index contributed by atoms with van der Waals surface area (Å²) in [6, 6.07) is 17.2. The first-order valence-electron chi connectivity index (χ1n) is 12.1. The quantitative estimate of drug-likeness (QED) is 0.394. The van der Waals surface area contributed by atoms with Crippen molar-refractivity contribution < 1.29 is 9.53 Å². The van der Waals surface area contributed by atoms with Crippen LogP contribution in [0.1, 0.15) is 22.5 Å². The van der Waals surface area contributed by atoms with Crippen LogP contribution in [0.4, 0.5) is 0 Å². The van der Waals surface area contributed by atoms with Crippen molar-refractivity contribution in [1.29, 1.82) is 0 Å². The van der Waals surface area contributed by atoms with E-state index in [1.54, 1.807) is 0 Å². The number of para-hydroxylation sites is 2. The lowest BCUT2D eigenvalue weighted by Crippen LogP contribution is -2.41. The molecule has 2 aromatic heterocycles. The second kappa shape index (κ2) is 7.38. The summed E-state index contributed by atoms with van der Waals surface area (Å²) >= 11 is 0. The Balaban J connectivity index is 1.86. The zero-order valence-electron chi connectivity index (χ0n) is 21.2. The van der Waals surface area contributed by atoms with Gasteiger partial charge >= 0.3 is 5.97 Å². The third-order valence-electron chi connectivity index (χ3n) is 8.36. The predicted molar refractivity (Wildman–Crippen MR) is 140 cm³/mol. The van der Waals surface area contributed by atoms with E-state index in [1.165, 1.54) is 44.3 Å². The van der Waals surface area contributed by atoms with Gasteiger partial charge in [0, 0.05) is 78.6 Å². The van der Waals surface area contributed by atoms with Crippen LogP contribution in [0, 0.1) is 19.8 Å². The summed E-state index contributed by atoms with van der Waals surface area (Å²) in [6.07, 6.45) is 4.42. The molecule has 1 atom stereocenters. The van der Waals surface area contributed by atoms with Gasteiger partial charge in [-0.3, -0.25) is 0 Å². The summed E-state index contributed by atoms with van der Waals surface area (Å²) in [6.45, 7) is 4.78. The molecule has 6 rings (SSSR count). The number of carbonyl (C=O) groups excluding carboxylic acids is 1. The number of likely N-dealkylation sites (N-methyl/N-ethyl adjacent to an activating group) is 1. The standard InChI is InChI=1S/C30H31N3O2/c1-18-27(21-11-7-9-13-25(21)32(18)5)30(28-19(2)33(6)26-14-10-8-12-22(26)28)16-20(31(3)4)15-23-24(30)17-35-29(23)34/h7-16,24H,17H2,1-6H3. The Hall–Kier alpha value is -3.73. The van der Waals surface area contributed by atoms with Gasteiger partial charge in [-0.1, -0.05) is 36.4 Å². The van der Waals surface area contributed by atoms with Gasteiger partial charge in [0.15, 0.2) is 0 Å². The summed E-state index contributed by atoms with van der Waals surface area (Å²) in [7, 11) is 8.36. The zero-order valence-corrected chi connectivity index (χ0v) is 21.2. The fraction of sp³-hybridized carbons (Fsp3) is 0.300. The number of hydrogen-bond acceptors (Lipinski definition) is 3. The third kappa shape index (κ3) is 2.72. The third-order valence-corrected chi connectivity index (χ3v) is 8.36. The maximum atomic E-state index is 13.1. The van der Waals surface area contributed by atoms with E-state index >= 15 is 0 Å². The van der Waals surface area contributed by atoms with Crippen molar-refractivity contribution in [2.45, 2.75) is 19.3 Å². The lowest BCUT2D eigenvalue weighted by atomic mass is 9.60. The molecule has 5 heteroatoms. The number of benzene rings is 2. The molecule has 0 bridgehead atoms. The molecule has 0 saturated carbocycles. The van der Waals surface area contributed by atoms with Crippen molar-refractivity contribution in [3.05, 3.63) is 94.5 Å². The molecule has 1 aliphatic heterocycles. The molecule has 4 aromatic rings. The molecule has 2 aliphatic rings. The minimum atomic E-state index is -0.578. The molecule has 178 valence electrons. The summed E-state index contributed by atoms with van der Waals surface area (Å²) in [4.78, 5) is 15.2. The van der Waals surface area contributed by atoms with Crippen LogP contribution in [-0.4, -0.2) is 40.7 Å². The molecule has 1 unspecified atom stereocenters. The Morgan fingerprint density at radius 3 is 1.91 bits per heavy atom. The first-order chi connectivity index (χ1) is 16.8. The first-order valence-corrected chi connectivity index (χ1v) is 12.1. The van der Waals surface area contributed by atoms with E-state index in [4.69, 9.17) is 4.74 Å². The Bertz CT molecular complexity index is 1510. The molecule has 5 nitrogen and oxygen atoms in total. The summed E-state index contributed by atoms with van der Waals surface area (Å²) in [5.74, 6) is -0.324. The van der Waals surface area contributed by atoms with Crippen LogP contribution < -0.4 is 0 Å². The Labute approximate surface area is 205 Å². The molecule has 0 N–H and O–H groups in total. The van der Waals surface area contributed by atoms with Crippen molar-refractivity contribution in [3.63, 3.8) is 0 Å². The SMILES string of the molecule is Cc1c(C2(c3c(C)n(C)c4ccccc34)C=C(N(C)C)C=C3C(=O)OCC32)c2ccccc2n1C. The van der Waals surface area contributed by atoms with Crippen molar-refractivity contribution in [1.82, 2.24) is 14.0 Å². The molecule has 1 saturated heterocycles. The number of rotatable bonds is 3. The van der Waals surface area contributed by atoms with E-state index in [0.29, 0.717) is 6.61 Å². The minimum absolute atomic E-state index is 0.118. The van der Waals surface area contributed by atoms with Gasteiger partial charge in [-0.2, -0.15) is 0 Å². The highest BCUT2D eigenvalue weighted by Crippen LogP contribution is 2.55. The Morgan fingerprint density at radius 2 is 1.40 bits per heavy atom. The van der Waals surface area contributed by atoms with Crippen molar-refractivity contribution in [2.75, 3.05) is 20.7 Å². The molecule has 1 fully saturated rings. The highest BCUT2D eigenvalue weighted by molar-refractivity contribution is 5.97. The topological polar surface area (TPSA) is 39.4 Å². The largest absolute Gasteiger partial charge is 0.462 e. The fourth-order valence-corrected chi connectivity index (χ4v) is 6.51. The number of esters is 1. The summed E-state index contributed by atoms with van der Waals surface area (Å²) in [5, 5.41) is 2.43. The fourth-order valence-electron chi connectivity index (χ4n) is 6.51. The predicted octanol–water partition coefficient (Wildman–Crippen LogP) is 5.13. The lowest BCUT2D eigenvalue weighted by molar-refractivity contribution is -0.135. The lowest BCUT2D eigenvalue weighted by Gasteiger charge is -2.41. The van der Waals surface area contributed by atoms with Crippen LogP contribution in [-0.2, 0) is 29.0 Å². The molecule has 1 aliphatic carbocycles. The van der Waals surface area contributed by atoms with Crippen LogP contribution in [0.15, 0.2) is 72.0 Å². The second-order valence-electron chi connectivity index (χ2n) is 10.2. The average Bonchev–Trinajstić information content (AvgIpc) is 3.45. The summed E-state index contributed by atoms with van der Waals surface area (Å²) < 4.78 is 10.3. The molecular weight excluding hydrogens is 434 g/mol.